The molecule has 1 aromatic carbocycles. The molecule has 0 amide bonds. The van der Waals surface area contributed by atoms with E-state index in [0.717, 1.165) is 17.7 Å². The van der Waals surface area contributed by atoms with Gasteiger partial charge in [-0.25, -0.2) is 0 Å². The highest BCUT2D eigenvalue weighted by Crippen LogP contribution is 2.00. The third-order valence-electron chi connectivity index (χ3n) is 2.31. The Morgan fingerprint density at radius 3 is 2.32 bits per heavy atom. The number of rotatable bonds is 4. The quantitative estimate of drug-likeness (QED) is 0.873. The van der Waals surface area contributed by atoms with Crippen LogP contribution >= 0.6 is 11.6 Å². The van der Waals surface area contributed by atoms with Crippen molar-refractivity contribution in [2.75, 3.05) is 6.54 Å². The molecule has 0 aliphatic carbocycles. The number of hydrogen-bond donors (Lipinski definition) is 1. The number of aromatic nitrogens is 1. The number of benzene rings is 1. The highest BCUT2D eigenvalue weighted by Gasteiger charge is 1.96. The molecule has 2 rings (SSSR count). The number of halogens is 1. The van der Waals surface area contributed by atoms with Crippen molar-refractivity contribution in [2.24, 2.45) is 5.73 Å². The SMILES string of the molecule is NCCc1ccccn1.O=C(Cl)Cc1ccccc1. The van der Waals surface area contributed by atoms with Crippen molar-refractivity contribution in [1.29, 1.82) is 0 Å². The summed E-state index contributed by atoms with van der Waals surface area (Å²) >= 11 is 5.17. The van der Waals surface area contributed by atoms with Gasteiger partial charge in [-0.2, -0.15) is 0 Å². The molecule has 0 fully saturated rings. The van der Waals surface area contributed by atoms with Crippen molar-refractivity contribution in [3.63, 3.8) is 0 Å². The second kappa shape index (κ2) is 9.25. The molecule has 0 atom stereocenters. The van der Waals surface area contributed by atoms with E-state index in [-0.39, 0.29) is 5.24 Å². The van der Waals surface area contributed by atoms with Crippen molar-refractivity contribution in [3.05, 3.63) is 66.0 Å². The van der Waals surface area contributed by atoms with Gasteiger partial charge in [-0.3, -0.25) is 9.78 Å². The van der Waals surface area contributed by atoms with E-state index in [0.29, 0.717) is 13.0 Å². The van der Waals surface area contributed by atoms with E-state index >= 15 is 0 Å². The molecule has 19 heavy (non-hydrogen) atoms. The van der Waals surface area contributed by atoms with Crippen molar-refractivity contribution in [1.82, 2.24) is 4.98 Å². The summed E-state index contributed by atoms with van der Waals surface area (Å²) < 4.78 is 0. The average molecular weight is 277 g/mol. The second-order valence-corrected chi connectivity index (χ2v) is 4.30. The van der Waals surface area contributed by atoms with Gasteiger partial charge in [-0.15, -0.1) is 0 Å². The van der Waals surface area contributed by atoms with Crippen LogP contribution in [0.3, 0.4) is 0 Å². The van der Waals surface area contributed by atoms with Gasteiger partial charge in [0.15, 0.2) is 0 Å². The van der Waals surface area contributed by atoms with Crippen LogP contribution in [0.25, 0.3) is 0 Å². The standard InChI is InChI=1S/C8H7ClO.C7H10N2/c9-8(10)6-7-4-2-1-3-5-7;8-5-4-7-3-1-2-6-9-7/h1-5H,6H2;1-3,6H,4-5,8H2. The molecule has 0 spiro atoms. The lowest BCUT2D eigenvalue weighted by molar-refractivity contribution is -0.111. The van der Waals surface area contributed by atoms with Crippen molar-refractivity contribution < 1.29 is 4.79 Å². The van der Waals surface area contributed by atoms with Crippen LogP contribution in [0.15, 0.2) is 54.7 Å². The van der Waals surface area contributed by atoms with Crippen LogP contribution in [0.2, 0.25) is 0 Å². The summed E-state index contributed by atoms with van der Waals surface area (Å²) in [7, 11) is 0. The number of carbonyl (C=O) groups excluding carboxylic acids is 1. The number of carbonyl (C=O) groups is 1. The van der Waals surface area contributed by atoms with Crippen molar-refractivity contribution in [2.45, 2.75) is 12.8 Å². The van der Waals surface area contributed by atoms with E-state index < -0.39 is 0 Å². The van der Waals surface area contributed by atoms with Crippen LogP contribution in [0.5, 0.6) is 0 Å². The highest BCUT2D eigenvalue weighted by atomic mass is 35.5. The zero-order valence-electron chi connectivity index (χ0n) is 10.6. The second-order valence-electron chi connectivity index (χ2n) is 3.88. The van der Waals surface area contributed by atoms with Gasteiger partial charge in [-0.05, 0) is 35.8 Å². The van der Waals surface area contributed by atoms with E-state index in [9.17, 15) is 4.79 Å². The fourth-order valence-corrected chi connectivity index (χ4v) is 1.60. The van der Waals surface area contributed by atoms with Gasteiger partial charge in [0.2, 0.25) is 5.24 Å². The van der Waals surface area contributed by atoms with Crippen LogP contribution in [-0.4, -0.2) is 16.8 Å². The smallest absolute Gasteiger partial charge is 0.226 e. The molecular weight excluding hydrogens is 260 g/mol. The Labute approximate surface area is 118 Å². The largest absolute Gasteiger partial charge is 0.330 e. The molecule has 2 aromatic rings. The minimum absolute atomic E-state index is 0.314. The third-order valence-corrected chi connectivity index (χ3v) is 2.45. The number of nitrogens with two attached hydrogens (primary N) is 1. The molecule has 0 unspecified atom stereocenters. The minimum atomic E-state index is -0.314. The maximum absolute atomic E-state index is 10.4. The van der Waals surface area contributed by atoms with Gasteiger partial charge < -0.3 is 5.73 Å². The monoisotopic (exact) mass is 276 g/mol. The van der Waals surface area contributed by atoms with Crippen LogP contribution in [0.4, 0.5) is 0 Å². The van der Waals surface area contributed by atoms with E-state index in [1.807, 2.05) is 48.5 Å². The first-order chi connectivity index (χ1) is 9.22. The summed E-state index contributed by atoms with van der Waals surface area (Å²) in [4.78, 5) is 14.5. The summed E-state index contributed by atoms with van der Waals surface area (Å²) in [5.74, 6) is 0. The third kappa shape index (κ3) is 7.34. The molecule has 1 heterocycles. The van der Waals surface area contributed by atoms with Crippen LogP contribution in [-0.2, 0) is 17.6 Å². The summed E-state index contributed by atoms with van der Waals surface area (Å²) in [5, 5.41) is -0.314. The first-order valence-electron chi connectivity index (χ1n) is 6.04. The number of nitrogens with zero attached hydrogens (tertiary/aromatic N) is 1. The van der Waals surface area contributed by atoms with Gasteiger partial charge in [-0.1, -0.05) is 36.4 Å². The molecule has 100 valence electrons. The molecular formula is C15H17ClN2O. The Balaban J connectivity index is 0.000000191. The summed E-state index contributed by atoms with van der Waals surface area (Å²) in [5.41, 5.74) is 7.35. The van der Waals surface area contributed by atoms with Crippen LogP contribution in [0, 0.1) is 0 Å². The van der Waals surface area contributed by atoms with Crippen LogP contribution in [0.1, 0.15) is 11.3 Å². The Morgan fingerprint density at radius 1 is 1.11 bits per heavy atom. The minimum Gasteiger partial charge on any atom is -0.330 e. The molecule has 1 aromatic heterocycles. The summed E-state index contributed by atoms with van der Waals surface area (Å²) in [6, 6.07) is 15.3. The zero-order valence-corrected chi connectivity index (χ0v) is 11.4. The van der Waals surface area contributed by atoms with Gasteiger partial charge in [0.1, 0.15) is 0 Å². The highest BCUT2D eigenvalue weighted by molar-refractivity contribution is 6.63. The van der Waals surface area contributed by atoms with Gasteiger partial charge in [0.05, 0.1) is 0 Å². The average Bonchev–Trinajstić information content (AvgIpc) is 2.41. The lowest BCUT2D eigenvalue weighted by atomic mass is 10.2. The topological polar surface area (TPSA) is 56.0 Å². The Kier molecular flexibility index (Phi) is 7.47. The van der Waals surface area contributed by atoms with E-state index in [1.165, 1.54) is 0 Å². The molecule has 4 heteroatoms. The van der Waals surface area contributed by atoms with Crippen molar-refractivity contribution in [3.8, 4) is 0 Å². The van der Waals surface area contributed by atoms with Gasteiger partial charge >= 0.3 is 0 Å². The van der Waals surface area contributed by atoms with E-state index in [1.54, 1.807) is 6.20 Å². The molecule has 3 nitrogen and oxygen atoms in total. The molecule has 0 aliphatic heterocycles. The maximum atomic E-state index is 10.4. The molecule has 2 N–H and O–H groups in total. The predicted molar refractivity (Wildman–Crippen MR) is 78.0 cm³/mol. The van der Waals surface area contributed by atoms with Gasteiger partial charge in [0, 0.05) is 24.7 Å². The summed E-state index contributed by atoms with van der Waals surface area (Å²) in [6.07, 6.45) is 2.98. The predicted octanol–water partition coefficient (Wildman–Crippen LogP) is 2.58. The molecule has 0 bridgehead atoms. The fourth-order valence-electron chi connectivity index (χ4n) is 1.45. The lowest BCUT2D eigenvalue weighted by Gasteiger charge is -1.92. The maximum Gasteiger partial charge on any atom is 0.226 e. The fraction of sp³-hybridized carbons (Fsp3) is 0.200. The Bertz CT molecular complexity index is 474. The first kappa shape index (κ1) is 15.3. The zero-order chi connectivity index (χ0) is 13.9. The number of hydrogen-bond acceptors (Lipinski definition) is 3. The molecule has 0 saturated heterocycles. The molecule has 0 aliphatic rings. The van der Waals surface area contributed by atoms with E-state index in [2.05, 4.69) is 4.98 Å². The lowest BCUT2D eigenvalue weighted by Crippen LogP contribution is -2.03. The summed E-state index contributed by atoms with van der Waals surface area (Å²) in [6.45, 7) is 0.678. The molecule has 0 radical (unpaired) electrons. The Morgan fingerprint density at radius 2 is 1.79 bits per heavy atom. The van der Waals surface area contributed by atoms with E-state index in [4.69, 9.17) is 17.3 Å². The molecule has 0 saturated carbocycles. The Hall–Kier alpha value is -1.71. The number of pyridine rings is 1. The van der Waals surface area contributed by atoms with Gasteiger partial charge in [0.25, 0.3) is 0 Å². The normalized spacial score (nSPS) is 9.37. The van der Waals surface area contributed by atoms with Crippen molar-refractivity contribution >= 4 is 16.8 Å². The van der Waals surface area contributed by atoms with Crippen LogP contribution < -0.4 is 5.73 Å². The first-order valence-corrected chi connectivity index (χ1v) is 6.42.